The van der Waals surface area contributed by atoms with Crippen molar-refractivity contribution in [3.8, 4) is 0 Å². The number of halogens is 2. The molecule has 162 valence electrons. The number of anilines is 1. The minimum Gasteiger partial charge on any atom is -0.382 e. The molecule has 3 rings (SSSR count). The number of benzene rings is 1. The Hall–Kier alpha value is -1.83. The highest BCUT2D eigenvalue weighted by atomic mass is 35.5. The van der Waals surface area contributed by atoms with Crippen LogP contribution < -0.4 is 5.73 Å². The van der Waals surface area contributed by atoms with Crippen molar-refractivity contribution in [1.29, 1.82) is 0 Å². The van der Waals surface area contributed by atoms with Crippen molar-refractivity contribution < 1.29 is 8.42 Å². The zero-order chi connectivity index (χ0) is 21.9. The van der Waals surface area contributed by atoms with Crippen LogP contribution in [-0.2, 0) is 22.8 Å². The van der Waals surface area contributed by atoms with E-state index in [9.17, 15) is 8.42 Å². The van der Waals surface area contributed by atoms with Gasteiger partial charge in [0.15, 0.2) is 15.7 Å². The van der Waals surface area contributed by atoms with E-state index in [0.717, 1.165) is 54.6 Å². The number of fused-ring (bicyclic) bond motifs is 1. The Labute approximate surface area is 187 Å². The monoisotopic (exact) mass is 468 g/mol. The molecule has 0 fully saturated rings. The number of aryl methyl sites for hydroxylation is 3. The van der Waals surface area contributed by atoms with Gasteiger partial charge < -0.3 is 10.3 Å². The Morgan fingerprint density at radius 2 is 1.93 bits per heavy atom. The number of hydrogen-bond donors (Lipinski definition) is 1. The number of rotatable bonds is 9. The average molecular weight is 469 g/mol. The number of nitrogen functional groups attached to an aromatic ring is 1. The van der Waals surface area contributed by atoms with E-state index in [4.69, 9.17) is 33.9 Å². The van der Waals surface area contributed by atoms with Crippen LogP contribution in [0, 0.1) is 6.92 Å². The summed E-state index contributed by atoms with van der Waals surface area (Å²) < 4.78 is 27.4. The molecule has 2 heterocycles. The van der Waals surface area contributed by atoms with Crippen LogP contribution >= 0.6 is 23.2 Å². The van der Waals surface area contributed by atoms with Gasteiger partial charge in [0.25, 0.3) is 0 Å². The predicted molar refractivity (Wildman–Crippen MR) is 123 cm³/mol. The van der Waals surface area contributed by atoms with Crippen molar-refractivity contribution >= 4 is 49.9 Å². The SMILES string of the molecule is CCCc1nc2c(N)ncc(C)c2n1CCCCCS(=O)(=O)c1ccc(Cl)cc1Cl. The van der Waals surface area contributed by atoms with Gasteiger partial charge in [0.05, 0.1) is 21.2 Å². The zero-order valence-electron chi connectivity index (χ0n) is 17.2. The number of hydrogen-bond acceptors (Lipinski definition) is 5. The molecule has 0 aliphatic rings. The molecule has 9 heteroatoms. The number of imidazole rings is 1. The molecular weight excluding hydrogens is 443 g/mol. The maximum atomic E-state index is 12.6. The van der Waals surface area contributed by atoms with Gasteiger partial charge in [0, 0.05) is 24.2 Å². The fraction of sp³-hybridized carbons (Fsp3) is 0.429. The van der Waals surface area contributed by atoms with Crippen molar-refractivity contribution in [3.63, 3.8) is 0 Å². The van der Waals surface area contributed by atoms with Crippen LogP contribution in [0.3, 0.4) is 0 Å². The fourth-order valence-corrected chi connectivity index (χ4v) is 5.79. The summed E-state index contributed by atoms with van der Waals surface area (Å²) in [6.45, 7) is 4.88. The van der Waals surface area contributed by atoms with Crippen LogP contribution in [0.2, 0.25) is 10.0 Å². The number of aromatic nitrogens is 3. The lowest BCUT2D eigenvalue weighted by atomic mass is 10.2. The van der Waals surface area contributed by atoms with Gasteiger partial charge >= 0.3 is 0 Å². The highest BCUT2D eigenvalue weighted by Gasteiger charge is 2.18. The zero-order valence-corrected chi connectivity index (χ0v) is 19.5. The first-order valence-electron chi connectivity index (χ1n) is 10.0. The Bertz CT molecular complexity index is 1160. The van der Waals surface area contributed by atoms with Crippen molar-refractivity contribution in [2.24, 2.45) is 0 Å². The molecule has 0 bridgehead atoms. The van der Waals surface area contributed by atoms with Crippen LogP contribution in [0.4, 0.5) is 5.82 Å². The van der Waals surface area contributed by atoms with Gasteiger partial charge in [-0.2, -0.15) is 0 Å². The van der Waals surface area contributed by atoms with E-state index >= 15 is 0 Å². The molecule has 0 atom stereocenters. The maximum absolute atomic E-state index is 12.6. The van der Waals surface area contributed by atoms with Crippen LogP contribution in [0.5, 0.6) is 0 Å². The highest BCUT2D eigenvalue weighted by Crippen LogP contribution is 2.27. The second kappa shape index (κ2) is 9.54. The summed E-state index contributed by atoms with van der Waals surface area (Å²) in [5.74, 6) is 1.49. The van der Waals surface area contributed by atoms with E-state index in [2.05, 4.69) is 16.5 Å². The number of pyridine rings is 1. The molecule has 0 amide bonds. The van der Waals surface area contributed by atoms with E-state index in [1.807, 2.05) is 6.92 Å². The molecule has 2 aromatic heterocycles. The second-order valence-electron chi connectivity index (χ2n) is 7.41. The van der Waals surface area contributed by atoms with Crippen molar-refractivity contribution in [2.75, 3.05) is 11.5 Å². The lowest BCUT2D eigenvalue weighted by Gasteiger charge is -2.11. The maximum Gasteiger partial charge on any atom is 0.179 e. The molecule has 0 spiro atoms. The van der Waals surface area contributed by atoms with Gasteiger partial charge in [-0.05, 0) is 49.9 Å². The second-order valence-corrected chi connectivity index (χ2v) is 10.3. The van der Waals surface area contributed by atoms with Gasteiger partial charge in [-0.25, -0.2) is 18.4 Å². The third-order valence-corrected chi connectivity index (χ3v) is 7.57. The third kappa shape index (κ3) is 4.90. The Kier molecular flexibility index (Phi) is 7.26. The summed E-state index contributed by atoms with van der Waals surface area (Å²) in [4.78, 5) is 9.06. The van der Waals surface area contributed by atoms with E-state index < -0.39 is 9.84 Å². The first-order chi connectivity index (χ1) is 14.2. The highest BCUT2D eigenvalue weighted by molar-refractivity contribution is 7.91. The normalized spacial score (nSPS) is 12.0. The lowest BCUT2D eigenvalue weighted by Crippen LogP contribution is -2.09. The smallest absolute Gasteiger partial charge is 0.179 e. The first-order valence-corrected chi connectivity index (χ1v) is 12.4. The van der Waals surface area contributed by atoms with Crippen molar-refractivity contribution in [3.05, 3.63) is 45.8 Å². The van der Waals surface area contributed by atoms with Crippen LogP contribution in [0.1, 0.15) is 44.0 Å². The minimum atomic E-state index is -3.44. The largest absolute Gasteiger partial charge is 0.382 e. The fourth-order valence-electron chi connectivity index (χ4n) is 3.60. The summed E-state index contributed by atoms with van der Waals surface area (Å²) in [6, 6.07) is 4.47. The van der Waals surface area contributed by atoms with Gasteiger partial charge in [-0.15, -0.1) is 0 Å². The molecule has 0 unspecified atom stereocenters. The molecular formula is C21H26Cl2N4O2S. The molecule has 2 N–H and O–H groups in total. The molecule has 0 saturated heterocycles. The third-order valence-electron chi connectivity index (χ3n) is 5.06. The van der Waals surface area contributed by atoms with E-state index in [1.54, 1.807) is 12.3 Å². The summed E-state index contributed by atoms with van der Waals surface area (Å²) in [6.07, 6.45) is 5.78. The lowest BCUT2D eigenvalue weighted by molar-refractivity contribution is 0.572. The Balaban J connectivity index is 1.66. The van der Waals surface area contributed by atoms with Crippen LogP contribution in [0.15, 0.2) is 29.3 Å². The molecule has 1 aromatic carbocycles. The van der Waals surface area contributed by atoms with Crippen LogP contribution in [-0.4, -0.2) is 28.7 Å². The van der Waals surface area contributed by atoms with Gasteiger partial charge in [-0.1, -0.05) is 36.5 Å². The topological polar surface area (TPSA) is 90.9 Å². The van der Waals surface area contributed by atoms with Gasteiger partial charge in [0.2, 0.25) is 0 Å². The molecule has 0 aliphatic carbocycles. The molecule has 0 saturated carbocycles. The van der Waals surface area contributed by atoms with E-state index in [0.29, 0.717) is 17.3 Å². The average Bonchev–Trinajstić information content (AvgIpc) is 3.04. The molecule has 30 heavy (non-hydrogen) atoms. The number of unbranched alkanes of at least 4 members (excludes halogenated alkanes) is 2. The minimum absolute atomic E-state index is 0.0523. The molecule has 0 aliphatic heterocycles. The number of nitrogens with two attached hydrogens (primary N) is 1. The van der Waals surface area contributed by atoms with E-state index in [-0.39, 0.29) is 15.7 Å². The quantitative estimate of drug-likeness (QED) is 0.434. The predicted octanol–water partition coefficient (Wildman–Crippen LogP) is 5.23. The summed E-state index contributed by atoms with van der Waals surface area (Å²) in [7, 11) is -3.44. The van der Waals surface area contributed by atoms with Gasteiger partial charge in [0.1, 0.15) is 11.3 Å². The molecule has 6 nitrogen and oxygen atoms in total. The van der Waals surface area contributed by atoms with E-state index in [1.165, 1.54) is 12.1 Å². The molecule has 3 aromatic rings. The number of nitrogens with zero attached hydrogens (tertiary/aromatic N) is 3. The van der Waals surface area contributed by atoms with Gasteiger partial charge in [-0.3, -0.25) is 0 Å². The van der Waals surface area contributed by atoms with Crippen molar-refractivity contribution in [2.45, 2.75) is 57.4 Å². The van der Waals surface area contributed by atoms with Crippen LogP contribution in [0.25, 0.3) is 11.0 Å². The summed E-state index contributed by atoms with van der Waals surface area (Å²) in [5.41, 5.74) is 8.84. The first kappa shape index (κ1) is 22.8. The summed E-state index contributed by atoms with van der Waals surface area (Å²) in [5, 5.41) is 0.582. The Morgan fingerprint density at radius 1 is 1.17 bits per heavy atom. The standard InChI is InChI=1S/C21H26Cl2N4O2S/c1-3-7-18-26-19-20(14(2)13-25-21(19)24)27(18)10-5-4-6-11-30(28,29)17-9-8-15(22)12-16(17)23/h8-9,12-13H,3-7,10-11H2,1-2H3,(H2,24,25). The van der Waals surface area contributed by atoms with Crippen molar-refractivity contribution in [1.82, 2.24) is 14.5 Å². The Morgan fingerprint density at radius 3 is 2.63 bits per heavy atom. The summed E-state index contributed by atoms with van der Waals surface area (Å²) >= 11 is 11.9. The molecule has 0 radical (unpaired) electrons. The number of sulfone groups is 1.